The van der Waals surface area contributed by atoms with Gasteiger partial charge in [-0.3, -0.25) is 4.98 Å². The molecule has 0 bridgehead atoms. The third-order valence-electron chi connectivity index (χ3n) is 1.99. The molecule has 0 atom stereocenters. The van der Waals surface area contributed by atoms with E-state index in [4.69, 9.17) is 11.6 Å². The van der Waals surface area contributed by atoms with Crippen molar-refractivity contribution in [2.75, 3.05) is 0 Å². The van der Waals surface area contributed by atoms with Gasteiger partial charge in [0.15, 0.2) is 5.82 Å². The fourth-order valence-corrected chi connectivity index (χ4v) is 2.33. The van der Waals surface area contributed by atoms with Crippen LogP contribution in [0.5, 0.6) is 0 Å². The number of fused-ring (bicyclic) bond motifs is 1. The number of aromatic nitrogens is 1. The molecule has 0 aliphatic carbocycles. The first-order valence-electron chi connectivity index (χ1n) is 3.99. The van der Waals surface area contributed by atoms with Crippen LogP contribution in [0.15, 0.2) is 18.3 Å². The van der Waals surface area contributed by atoms with Crippen LogP contribution in [0.2, 0.25) is 5.02 Å². The van der Waals surface area contributed by atoms with Crippen LogP contribution in [0.25, 0.3) is 10.8 Å². The Labute approximate surface area is 99.4 Å². The molecule has 72 valence electrons. The maximum Gasteiger partial charge on any atom is 0.155 e. The van der Waals surface area contributed by atoms with Gasteiger partial charge in [0.1, 0.15) is 0 Å². The smallest absolute Gasteiger partial charge is 0.155 e. The topological polar surface area (TPSA) is 12.9 Å². The number of pyridine rings is 1. The molecule has 1 aromatic heterocycles. The van der Waals surface area contributed by atoms with Crippen molar-refractivity contribution in [2.24, 2.45) is 0 Å². The predicted octanol–water partition coefficient (Wildman–Crippen LogP) is 3.94. The predicted molar refractivity (Wildman–Crippen MR) is 64.2 cm³/mol. The zero-order valence-corrected chi connectivity index (χ0v) is 10.2. The van der Waals surface area contributed by atoms with Gasteiger partial charge >= 0.3 is 0 Å². The monoisotopic (exact) mass is 321 g/mol. The third-order valence-corrected chi connectivity index (χ3v) is 3.15. The summed E-state index contributed by atoms with van der Waals surface area (Å²) >= 11 is 7.79. The van der Waals surface area contributed by atoms with Crippen molar-refractivity contribution in [1.82, 2.24) is 4.98 Å². The minimum absolute atomic E-state index is 0.152. The number of hydrogen-bond acceptors (Lipinski definition) is 1. The second-order valence-corrected chi connectivity index (χ2v) is 4.57. The highest BCUT2D eigenvalue weighted by molar-refractivity contribution is 14.1. The van der Waals surface area contributed by atoms with E-state index in [-0.39, 0.29) is 10.8 Å². The maximum atomic E-state index is 13.4. The molecular weight excluding hydrogens is 315 g/mol. The Kier molecular flexibility index (Phi) is 2.62. The summed E-state index contributed by atoms with van der Waals surface area (Å²) in [6.45, 7) is 1.89. The molecule has 2 rings (SSSR count). The van der Waals surface area contributed by atoms with Crippen molar-refractivity contribution < 1.29 is 4.39 Å². The van der Waals surface area contributed by atoms with Crippen LogP contribution in [0.3, 0.4) is 0 Å². The highest BCUT2D eigenvalue weighted by Crippen LogP contribution is 2.29. The quantitative estimate of drug-likeness (QED) is 0.529. The van der Waals surface area contributed by atoms with Gasteiger partial charge in [0.05, 0.1) is 8.59 Å². The highest BCUT2D eigenvalue weighted by atomic mass is 127. The highest BCUT2D eigenvalue weighted by Gasteiger charge is 2.09. The summed E-state index contributed by atoms with van der Waals surface area (Å²) in [5.41, 5.74) is 0.899. The van der Waals surface area contributed by atoms with Gasteiger partial charge in [-0.1, -0.05) is 11.6 Å². The van der Waals surface area contributed by atoms with E-state index >= 15 is 0 Å². The van der Waals surface area contributed by atoms with Gasteiger partial charge in [0.25, 0.3) is 0 Å². The third kappa shape index (κ3) is 1.59. The van der Waals surface area contributed by atoms with E-state index < -0.39 is 0 Å². The van der Waals surface area contributed by atoms with Gasteiger partial charge < -0.3 is 0 Å². The molecule has 1 aromatic carbocycles. The van der Waals surface area contributed by atoms with Crippen molar-refractivity contribution in [3.63, 3.8) is 0 Å². The lowest BCUT2D eigenvalue weighted by Crippen LogP contribution is -1.88. The van der Waals surface area contributed by atoms with Crippen LogP contribution in [0.4, 0.5) is 4.39 Å². The van der Waals surface area contributed by atoms with Crippen LogP contribution in [0.1, 0.15) is 5.69 Å². The maximum absolute atomic E-state index is 13.4. The molecule has 0 aliphatic rings. The van der Waals surface area contributed by atoms with E-state index in [0.717, 1.165) is 11.1 Å². The fourth-order valence-electron chi connectivity index (χ4n) is 1.31. The van der Waals surface area contributed by atoms with Gasteiger partial charge in [-0.2, -0.15) is 0 Å². The number of rotatable bonds is 0. The zero-order chi connectivity index (χ0) is 10.3. The number of nitrogens with zero attached hydrogens (tertiary/aromatic N) is 1. The molecule has 0 spiro atoms. The Bertz CT molecular complexity index is 513. The second-order valence-electron chi connectivity index (χ2n) is 3.03. The van der Waals surface area contributed by atoms with E-state index in [9.17, 15) is 4.39 Å². The molecule has 2 aromatic rings. The van der Waals surface area contributed by atoms with Crippen molar-refractivity contribution >= 4 is 45.0 Å². The van der Waals surface area contributed by atoms with Crippen molar-refractivity contribution in [3.8, 4) is 0 Å². The van der Waals surface area contributed by atoms with Gasteiger partial charge in [-0.05, 0) is 47.0 Å². The Morgan fingerprint density at radius 1 is 1.43 bits per heavy atom. The Morgan fingerprint density at radius 3 is 2.86 bits per heavy atom. The summed E-state index contributed by atoms with van der Waals surface area (Å²) in [7, 11) is 0. The minimum Gasteiger partial charge on any atom is -0.261 e. The number of benzene rings is 1. The van der Waals surface area contributed by atoms with Crippen LogP contribution >= 0.6 is 34.2 Å². The summed E-state index contributed by atoms with van der Waals surface area (Å²) in [6, 6.07) is 3.66. The van der Waals surface area contributed by atoms with Crippen LogP contribution in [-0.2, 0) is 0 Å². The summed E-state index contributed by atoms with van der Waals surface area (Å²) < 4.78 is 13.9. The van der Waals surface area contributed by atoms with E-state index in [1.54, 1.807) is 12.3 Å². The van der Waals surface area contributed by atoms with E-state index in [0.29, 0.717) is 8.96 Å². The molecule has 1 heterocycles. The lowest BCUT2D eigenvalue weighted by molar-refractivity contribution is 0.622. The Morgan fingerprint density at radius 2 is 2.14 bits per heavy atom. The molecule has 0 saturated carbocycles. The Hall–Kier alpha value is -0.420. The van der Waals surface area contributed by atoms with Gasteiger partial charge in [0, 0.05) is 17.3 Å². The second kappa shape index (κ2) is 3.62. The average molecular weight is 322 g/mol. The Balaban J connectivity index is 2.91. The van der Waals surface area contributed by atoms with Crippen LogP contribution < -0.4 is 0 Å². The molecule has 1 nitrogen and oxygen atoms in total. The zero-order valence-electron chi connectivity index (χ0n) is 7.31. The molecule has 0 fully saturated rings. The molecule has 4 heteroatoms. The summed E-state index contributed by atoms with van der Waals surface area (Å²) in [6.07, 6.45) is 1.60. The average Bonchev–Trinajstić information content (AvgIpc) is 2.14. The lowest BCUT2D eigenvalue weighted by Gasteiger charge is -2.04. The SMILES string of the molecule is Cc1cc2cc(I)c(F)c(Cl)c2cn1. The van der Waals surface area contributed by atoms with E-state index in [2.05, 4.69) is 4.98 Å². The van der Waals surface area contributed by atoms with Crippen LogP contribution in [0, 0.1) is 16.3 Å². The number of hydrogen-bond donors (Lipinski definition) is 0. The van der Waals surface area contributed by atoms with Crippen molar-refractivity contribution in [3.05, 3.63) is 38.4 Å². The fraction of sp³-hybridized carbons (Fsp3) is 0.100. The van der Waals surface area contributed by atoms with Crippen molar-refractivity contribution in [2.45, 2.75) is 6.92 Å². The van der Waals surface area contributed by atoms with Crippen LogP contribution in [-0.4, -0.2) is 4.98 Å². The first kappa shape index (κ1) is 10.1. The van der Waals surface area contributed by atoms with E-state index in [1.165, 1.54) is 0 Å². The molecule has 0 N–H and O–H groups in total. The van der Waals surface area contributed by atoms with Gasteiger partial charge in [0.2, 0.25) is 0 Å². The standard InChI is InChI=1S/C10H6ClFIN/c1-5-2-6-3-8(13)10(12)9(11)7(6)4-14-5/h2-4H,1H3. The molecule has 0 unspecified atom stereocenters. The lowest BCUT2D eigenvalue weighted by atomic mass is 10.1. The first-order chi connectivity index (χ1) is 6.59. The summed E-state index contributed by atoms with van der Waals surface area (Å²) in [4.78, 5) is 4.09. The normalized spacial score (nSPS) is 10.9. The van der Waals surface area contributed by atoms with E-state index in [1.807, 2.05) is 35.6 Å². The summed E-state index contributed by atoms with van der Waals surface area (Å²) in [5.74, 6) is -0.370. The van der Waals surface area contributed by atoms with Gasteiger partial charge in [-0.15, -0.1) is 0 Å². The molecule has 0 aliphatic heterocycles. The number of halogens is 3. The minimum atomic E-state index is -0.370. The first-order valence-corrected chi connectivity index (χ1v) is 5.45. The van der Waals surface area contributed by atoms with Crippen molar-refractivity contribution in [1.29, 1.82) is 0 Å². The number of aryl methyl sites for hydroxylation is 1. The summed E-state index contributed by atoms with van der Waals surface area (Å²) in [5, 5.41) is 1.74. The molecule has 14 heavy (non-hydrogen) atoms. The molecule has 0 amide bonds. The molecular formula is C10H6ClFIN. The van der Waals surface area contributed by atoms with Gasteiger partial charge in [-0.25, -0.2) is 4.39 Å². The molecule has 0 radical (unpaired) electrons. The molecule has 0 saturated heterocycles. The largest absolute Gasteiger partial charge is 0.261 e.